The van der Waals surface area contributed by atoms with Gasteiger partial charge in [0.2, 0.25) is 10.0 Å². The van der Waals surface area contributed by atoms with Gasteiger partial charge in [0.25, 0.3) is 0 Å². The second-order valence-corrected chi connectivity index (χ2v) is 12.0. The van der Waals surface area contributed by atoms with Crippen molar-refractivity contribution in [3.63, 3.8) is 0 Å². The van der Waals surface area contributed by atoms with E-state index < -0.39 is 15.4 Å². The largest absolute Gasteiger partial charge is 0.298 e. The number of hydrogen-bond acceptors (Lipinski definition) is 6. The van der Waals surface area contributed by atoms with Gasteiger partial charge in [0.05, 0.1) is 10.6 Å². The molecule has 3 aromatic rings. The van der Waals surface area contributed by atoms with Crippen LogP contribution in [-0.4, -0.2) is 52.1 Å². The molecular formula is C24H28N4O3S2. The molecule has 1 fully saturated rings. The van der Waals surface area contributed by atoms with Gasteiger partial charge in [-0.1, -0.05) is 62.9 Å². The molecule has 1 saturated heterocycles. The molecule has 2 aromatic carbocycles. The number of nitrogens with zero attached hydrogens (tertiary/aromatic N) is 4. The number of rotatable bonds is 7. The predicted molar refractivity (Wildman–Crippen MR) is 130 cm³/mol. The normalized spacial score (nSPS) is 15.1. The van der Waals surface area contributed by atoms with Crippen LogP contribution >= 0.6 is 11.8 Å². The Balaban J connectivity index is 1.74. The fourth-order valence-corrected chi connectivity index (χ4v) is 6.26. The van der Waals surface area contributed by atoms with Crippen LogP contribution in [0.5, 0.6) is 0 Å². The van der Waals surface area contributed by atoms with E-state index in [-0.39, 0.29) is 16.4 Å². The van der Waals surface area contributed by atoms with Gasteiger partial charge in [0.1, 0.15) is 5.78 Å². The molecule has 174 valence electrons. The van der Waals surface area contributed by atoms with E-state index in [0.717, 1.165) is 18.5 Å². The predicted octanol–water partition coefficient (Wildman–Crippen LogP) is 4.43. The molecule has 0 spiro atoms. The summed E-state index contributed by atoms with van der Waals surface area (Å²) in [5.41, 5.74) is 1.06. The van der Waals surface area contributed by atoms with Crippen LogP contribution in [0.1, 0.15) is 33.6 Å². The zero-order valence-electron chi connectivity index (χ0n) is 19.1. The first-order valence-corrected chi connectivity index (χ1v) is 13.4. The molecule has 0 unspecified atom stereocenters. The summed E-state index contributed by atoms with van der Waals surface area (Å²) >= 11 is 1.34. The Morgan fingerprint density at radius 2 is 1.70 bits per heavy atom. The molecule has 9 heteroatoms. The summed E-state index contributed by atoms with van der Waals surface area (Å²) in [4.78, 5) is 12.7. The van der Waals surface area contributed by atoms with E-state index in [1.165, 1.54) is 16.1 Å². The van der Waals surface area contributed by atoms with Crippen LogP contribution in [0.4, 0.5) is 0 Å². The van der Waals surface area contributed by atoms with Gasteiger partial charge < -0.3 is 0 Å². The Bertz CT molecular complexity index is 1240. The Kier molecular flexibility index (Phi) is 6.74. The molecule has 0 atom stereocenters. The summed E-state index contributed by atoms with van der Waals surface area (Å²) in [7, 11) is -3.55. The summed E-state index contributed by atoms with van der Waals surface area (Å²) in [6, 6.07) is 16.5. The molecule has 0 radical (unpaired) electrons. The Labute approximate surface area is 199 Å². The van der Waals surface area contributed by atoms with Gasteiger partial charge in [-0.3, -0.25) is 9.36 Å². The maximum absolute atomic E-state index is 13.1. The fraction of sp³-hybridized carbons (Fsp3) is 0.375. The molecule has 0 N–H and O–H groups in total. The lowest BCUT2D eigenvalue weighted by molar-refractivity contribution is -0.123. The minimum absolute atomic E-state index is 0.121. The van der Waals surface area contributed by atoms with Crippen LogP contribution in [0, 0.1) is 5.41 Å². The Morgan fingerprint density at radius 1 is 1.00 bits per heavy atom. The molecule has 0 aliphatic carbocycles. The average molecular weight is 485 g/mol. The smallest absolute Gasteiger partial charge is 0.243 e. The van der Waals surface area contributed by atoms with Crippen molar-refractivity contribution < 1.29 is 13.2 Å². The Hall–Kier alpha value is -2.49. The topological polar surface area (TPSA) is 85.2 Å². The second-order valence-electron chi connectivity index (χ2n) is 9.08. The molecule has 0 amide bonds. The summed E-state index contributed by atoms with van der Waals surface area (Å²) in [5, 5.41) is 9.34. The number of aromatic nitrogens is 3. The van der Waals surface area contributed by atoms with Gasteiger partial charge in [-0.05, 0) is 37.1 Å². The molecule has 1 aromatic heterocycles. The van der Waals surface area contributed by atoms with Crippen LogP contribution in [-0.2, 0) is 14.8 Å². The van der Waals surface area contributed by atoms with E-state index in [1.807, 2.05) is 61.7 Å². The molecule has 0 saturated carbocycles. The first-order chi connectivity index (χ1) is 15.7. The minimum atomic E-state index is -3.55. The lowest BCUT2D eigenvalue weighted by atomic mass is 9.92. The van der Waals surface area contributed by atoms with Crippen LogP contribution in [0.3, 0.4) is 0 Å². The highest BCUT2D eigenvalue weighted by atomic mass is 32.2. The molecule has 4 rings (SSSR count). The molecule has 1 aliphatic heterocycles. The number of thioether (sulfide) groups is 1. The number of benzene rings is 2. The molecule has 2 heterocycles. The summed E-state index contributed by atoms with van der Waals surface area (Å²) in [5.74, 6) is 0.929. The van der Waals surface area contributed by atoms with Crippen molar-refractivity contribution in [2.75, 3.05) is 18.8 Å². The van der Waals surface area contributed by atoms with Crippen molar-refractivity contribution in [2.45, 2.75) is 43.7 Å². The maximum Gasteiger partial charge on any atom is 0.243 e. The standard InChI is InChI=1S/C24H28N4O3S2/c1-24(2,3)21(29)17-32-23-26-25-22(28(23)19-11-5-4-6-12-19)18-10-9-13-20(16-18)33(30,31)27-14-7-8-15-27/h4-6,9-13,16H,7-8,14-15,17H2,1-3H3. The fourth-order valence-electron chi connectivity index (χ4n) is 3.58. The molecule has 7 nitrogen and oxygen atoms in total. The van der Waals surface area contributed by atoms with E-state index >= 15 is 0 Å². The van der Waals surface area contributed by atoms with E-state index in [0.29, 0.717) is 29.6 Å². The van der Waals surface area contributed by atoms with Gasteiger partial charge in [-0.15, -0.1) is 10.2 Å². The average Bonchev–Trinajstić information content (AvgIpc) is 3.48. The zero-order chi connectivity index (χ0) is 23.6. The molecule has 1 aliphatic rings. The summed E-state index contributed by atoms with van der Waals surface area (Å²) < 4.78 is 29.6. The third-order valence-electron chi connectivity index (χ3n) is 5.61. The van der Waals surface area contributed by atoms with Crippen molar-refractivity contribution in [3.8, 4) is 17.1 Å². The number of ketones is 1. The zero-order valence-corrected chi connectivity index (χ0v) is 20.7. The first kappa shape index (κ1) is 23.7. The third kappa shape index (κ3) is 5.05. The minimum Gasteiger partial charge on any atom is -0.298 e. The highest BCUT2D eigenvalue weighted by molar-refractivity contribution is 7.99. The monoisotopic (exact) mass is 484 g/mol. The van der Waals surface area contributed by atoms with Gasteiger partial charge in [-0.25, -0.2) is 8.42 Å². The lowest BCUT2D eigenvalue weighted by Crippen LogP contribution is -2.27. The number of Topliss-reactive ketones (excluding diaryl/α,β-unsaturated/α-hetero) is 1. The van der Waals surface area contributed by atoms with E-state index in [2.05, 4.69) is 10.2 Å². The van der Waals surface area contributed by atoms with Crippen LogP contribution in [0.15, 0.2) is 64.6 Å². The second kappa shape index (κ2) is 9.40. The van der Waals surface area contributed by atoms with E-state index in [9.17, 15) is 13.2 Å². The van der Waals surface area contributed by atoms with Gasteiger partial charge in [0, 0.05) is 29.8 Å². The number of hydrogen-bond donors (Lipinski definition) is 0. The van der Waals surface area contributed by atoms with Crippen molar-refractivity contribution in [1.82, 2.24) is 19.1 Å². The summed E-state index contributed by atoms with van der Waals surface area (Å²) in [6.45, 7) is 6.80. The van der Waals surface area contributed by atoms with Gasteiger partial charge in [0.15, 0.2) is 11.0 Å². The van der Waals surface area contributed by atoms with E-state index in [4.69, 9.17) is 0 Å². The van der Waals surface area contributed by atoms with Crippen molar-refractivity contribution in [2.24, 2.45) is 5.41 Å². The number of carbonyl (C=O) groups excluding carboxylic acids is 1. The van der Waals surface area contributed by atoms with Crippen molar-refractivity contribution >= 4 is 27.6 Å². The molecular weight excluding hydrogens is 456 g/mol. The highest BCUT2D eigenvalue weighted by Crippen LogP contribution is 2.31. The van der Waals surface area contributed by atoms with Crippen LogP contribution in [0.2, 0.25) is 0 Å². The SMILES string of the molecule is CC(C)(C)C(=O)CSc1nnc(-c2cccc(S(=O)(=O)N3CCCC3)c2)n1-c1ccccc1. The lowest BCUT2D eigenvalue weighted by Gasteiger charge is -2.17. The van der Waals surface area contributed by atoms with Crippen LogP contribution < -0.4 is 0 Å². The number of para-hydroxylation sites is 1. The van der Waals surface area contributed by atoms with Gasteiger partial charge >= 0.3 is 0 Å². The van der Waals surface area contributed by atoms with Gasteiger partial charge in [-0.2, -0.15) is 4.31 Å². The highest BCUT2D eigenvalue weighted by Gasteiger charge is 2.28. The first-order valence-electron chi connectivity index (χ1n) is 11.0. The number of carbonyl (C=O) groups is 1. The summed E-state index contributed by atoms with van der Waals surface area (Å²) in [6.07, 6.45) is 1.77. The maximum atomic E-state index is 13.1. The molecule has 33 heavy (non-hydrogen) atoms. The van der Waals surface area contributed by atoms with E-state index in [1.54, 1.807) is 18.2 Å². The quantitative estimate of drug-likeness (QED) is 0.461. The van der Waals surface area contributed by atoms with Crippen molar-refractivity contribution in [3.05, 3.63) is 54.6 Å². The number of sulfonamides is 1. The van der Waals surface area contributed by atoms with Crippen molar-refractivity contribution in [1.29, 1.82) is 0 Å². The molecule has 0 bridgehead atoms. The van der Waals surface area contributed by atoms with Crippen LogP contribution in [0.25, 0.3) is 17.1 Å². The Morgan fingerprint density at radius 3 is 2.36 bits per heavy atom. The third-order valence-corrected chi connectivity index (χ3v) is 8.44.